The van der Waals surface area contributed by atoms with Gasteiger partial charge >= 0.3 is 11.3 Å². The molecule has 3 aromatic rings. The maximum Gasteiger partial charge on any atom is 0.325 e. The quantitative estimate of drug-likeness (QED) is 0.459. The zero-order valence-corrected chi connectivity index (χ0v) is 19.6. The van der Waals surface area contributed by atoms with Crippen molar-refractivity contribution in [3.63, 3.8) is 0 Å². The molecule has 1 amide bonds. The van der Waals surface area contributed by atoms with Gasteiger partial charge in [0.25, 0.3) is 6.17 Å². The molecule has 0 saturated carbocycles. The Kier molecular flexibility index (Phi) is 6.32. The summed E-state index contributed by atoms with van der Waals surface area (Å²) in [4.78, 5) is 32.9. The molecule has 166 valence electrons. The minimum atomic E-state index is -0.554. The van der Waals surface area contributed by atoms with Gasteiger partial charge in [0.2, 0.25) is 11.1 Å². The van der Waals surface area contributed by atoms with Crippen LogP contribution in [0.1, 0.15) is 39.4 Å². The maximum atomic E-state index is 13.2. The third kappa shape index (κ3) is 3.79. The van der Waals surface area contributed by atoms with Crippen LogP contribution in [0.2, 0.25) is 0 Å². The number of hydrogen-bond acceptors (Lipinski definition) is 5. The molecule has 0 radical (unpaired) electrons. The van der Waals surface area contributed by atoms with Crippen molar-refractivity contribution in [3.05, 3.63) is 64.4 Å². The summed E-state index contributed by atoms with van der Waals surface area (Å²) in [6.45, 7) is 9.64. The van der Waals surface area contributed by atoms with Crippen LogP contribution in [0.25, 0.3) is 11.3 Å². The van der Waals surface area contributed by atoms with Crippen molar-refractivity contribution in [1.82, 2.24) is 10.1 Å². The van der Waals surface area contributed by atoms with Gasteiger partial charge in [-0.1, -0.05) is 30.8 Å². The van der Waals surface area contributed by atoms with Gasteiger partial charge in [0, 0.05) is 36.4 Å². The van der Waals surface area contributed by atoms with Crippen LogP contribution in [-0.4, -0.2) is 34.8 Å². The first-order chi connectivity index (χ1) is 15.5. The Morgan fingerprint density at radius 1 is 1.12 bits per heavy atom. The standard InChI is InChI=1S/C24H27N5O2S/c1-5-27(6-2)18-14-12-17(13-15-18)23-28(16(4)30)20-11-9-8-10-19(20)21-22(31)25-24(32-7-3)26-29(21)23/h8-15,23H,5-7H2,1-4H3/p+1. The summed E-state index contributed by atoms with van der Waals surface area (Å²) in [6, 6.07) is 15.7. The van der Waals surface area contributed by atoms with Crippen molar-refractivity contribution < 1.29 is 9.48 Å². The lowest BCUT2D eigenvalue weighted by Gasteiger charge is -2.31. The van der Waals surface area contributed by atoms with Crippen molar-refractivity contribution in [3.8, 4) is 11.3 Å². The van der Waals surface area contributed by atoms with Gasteiger partial charge in [0.05, 0.1) is 11.3 Å². The molecule has 0 bridgehead atoms. The number of para-hydroxylation sites is 1. The molecule has 7 nitrogen and oxygen atoms in total. The molecule has 1 aromatic heterocycles. The number of aromatic amines is 1. The molecular formula is C24H28N5O2S+. The van der Waals surface area contributed by atoms with Gasteiger partial charge in [-0.05, 0) is 60.7 Å². The van der Waals surface area contributed by atoms with Crippen LogP contribution in [-0.2, 0) is 4.79 Å². The lowest BCUT2D eigenvalue weighted by Crippen LogP contribution is -2.60. The maximum absolute atomic E-state index is 13.2. The number of amides is 1. The summed E-state index contributed by atoms with van der Waals surface area (Å²) in [5.41, 5.74) is 3.66. The highest BCUT2D eigenvalue weighted by Crippen LogP contribution is 2.37. The van der Waals surface area contributed by atoms with E-state index in [4.69, 9.17) is 5.10 Å². The van der Waals surface area contributed by atoms with Crippen LogP contribution in [0.4, 0.5) is 11.4 Å². The highest BCUT2D eigenvalue weighted by Gasteiger charge is 2.44. The molecule has 0 spiro atoms. The number of nitrogens with zero attached hydrogens (tertiary/aromatic N) is 4. The molecule has 32 heavy (non-hydrogen) atoms. The van der Waals surface area contributed by atoms with Gasteiger partial charge < -0.3 is 4.90 Å². The number of fused-ring (bicyclic) bond motifs is 3. The third-order valence-electron chi connectivity index (χ3n) is 5.70. The molecule has 0 aliphatic carbocycles. The fourth-order valence-corrected chi connectivity index (χ4v) is 4.84. The normalized spacial score (nSPS) is 14.6. The number of anilines is 2. The summed E-state index contributed by atoms with van der Waals surface area (Å²) < 4.78 is 1.70. The largest absolute Gasteiger partial charge is 0.372 e. The van der Waals surface area contributed by atoms with E-state index in [0.29, 0.717) is 22.1 Å². The van der Waals surface area contributed by atoms with E-state index in [1.165, 1.54) is 11.8 Å². The van der Waals surface area contributed by atoms with Crippen LogP contribution >= 0.6 is 11.8 Å². The molecule has 0 saturated heterocycles. The first-order valence-corrected chi connectivity index (χ1v) is 11.9. The Hall–Kier alpha value is -3.13. The fourth-order valence-electron chi connectivity index (χ4n) is 4.26. The predicted octanol–water partition coefficient (Wildman–Crippen LogP) is 3.60. The van der Waals surface area contributed by atoms with Crippen molar-refractivity contribution in [2.24, 2.45) is 0 Å². The molecule has 0 fully saturated rings. The number of carbonyl (C=O) groups excluding carboxylic acids is 1. The third-order valence-corrected chi connectivity index (χ3v) is 6.44. The number of H-pyrrole nitrogens is 1. The van der Waals surface area contributed by atoms with Crippen LogP contribution in [0.3, 0.4) is 0 Å². The number of benzene rings is 2. The number of hydrogen-bond donors (Lipinski definition) is 1. The molecule has 1 atom stereocenters. The second kappa shape index (κ2) is 9.16. The van der Waals surface area contributed by atoms with Crippen LogP contribution in [0.15, 0.2) is 58.5 Å². The predicted molar refractivity (Wildman–Crippen MR) is 128 cm³/mol. The van der Waals surface area contributed by atoms with Gasteiger partial charge in [0.15, 0.2) is 0 Å². The van der Waals surface area contributed by atoms with Gasteiger partial charge in [-0.25, -0.2) is 4.90 Å². The molecule has 1 aliphatic rings. The second-order valence-electron chi connectivity index (χ2n) is 7.53. The molecule has 8 heteroatoms. The van der Waals surface area contributed by atoms with Gasteiger partial charge in [-0.3, -0.25) is 14.6 Å². The van der Waals surface area contributed by atoms with E-state index in [1.807, 2.05) is 43.3 Å². The van der Waals surface area contributed by atoms with Gasteiger partial charge in [0.1, 0.15) is 0 Å². The van der Waals surface area contributed by atoms with Gasteiger partial charge in [-0.15, -0.1) is 0 Å². The second-order valence-corrected chi connectivity index (χ2v) is 8.78. The minimum Gasteiger partial charge on any atom is -0.372 e. The number of aromatic nitrogens is 3. The average molecular weight is 451 g/mol. The first-order valence-electron chi connectivity index (χ1n) is 10.9. The topological polar surface area (TPSA) is 73.2 Å². The molecule has 4 rings (SSSR count). The fraction of sp³-hybridized carbons (Fsp3) is 0.333. The van der Waals surface area contributed by atoms with Crippen LogP contribution in [0, 0.1) is 0 Å². The van der Waals surface area contributed by atoms with E-state index in [2.05, 4.69) is 35.9 Å². The zero-order valence-electron chi connectivity index (χ0n) is 18.8. The Morgan fingerprint density at radius 3 is 2.44 bits per heavy atom. The molecule has 1 aliphatic heterocycles. The van der Waals surface area contributed by atoms with E-state index in [0.717, 1.165) is 30.1 Å². The zero-order chi connectivity index (χ0) is 22.8. The summed E-state index contributed by atoms with van der Waals surface area (Å²) in [5.74, 6) is 0.665. The SMILES string of the molecule is CCSc1n[n+]2c(c(=O)[nH]1)-c1ccccc1N(C(C)=O)C2c1ccc(N(CC)CC)cc1. The van der Waals surface area contributed by atoms with Crippen LogP contribution < -0.4 is 20.0 Å². The van der Waals surface area contributed by atoms with E-state index in [1.54, 1.807) is 16.5 Å². The lowest BCUT2D eigenvalue weighted by atomic mass is 10.0. The number of thioether (sulfide) groups is 1. The highest BCUT2D eigenvalue weighted by atomic mass is 32.2. The molecular weight excluding hydrogens is 422 g/mol. The number of nitrogens with one attached hydrogen (secondary N) is 1. The molecule has 1 unspecified atom stereocenters. The summed E-state index contributed by atoms with van der Waals surface area (Å²) in [5, 5.41) is 5.30. The molecule has 1 N–H and O–H groups in total. The van der Waals surface area contributed by atoms with E-state index >= 15 is 0 Å². The molecule has 2 heterocycles. The number of carbonyl (C=O) groups is 1. The van der Waals surface area contributed by atoms with Crippen molar-refractivity contribution in [1.29, 1.82) is 0 Å². The lowest BCUT2D eigenvalue weighted by molar-refractivity contribution is -0.763. The first kappa shape index (κ1) is 22.1. The summed E-state index contributed by atoms with van der Waals surface area (Å²) >= 11 is 1.47. The van der Waals surface area contributed by atoms with E-state index in [-0.39, 0.29) is 11.5 Å². The van der Waals surface area contributed by atoms with Crippen molar-refractivity contribution in [2.75, 3.05) is 28.6 Å². The smallest absolute Gasteiger partial charge is 0.325 e. The Bertz CT molecular complexity index is 1190. The Balaban J connectivity index is 1.95. The van der Waals surface area contributed by atoms with Crippen molar-refractivity contribution in [2.45, 2.75) is 39.0 Å². The summed E-state index contributed by atoms with van der Waals surface area (Å²) in [7, 11) is 0. The van der Waals surface area contributed by atoms with Gasteiger partial charge in [-0.2, -0.15) is 0 Å². The highest BCUT2D eigenvalue weighted by molar-refractivity contribution is 7.99. The van der Waals surface area contributed by atoms with Crippen LogP contribution in [0.5, 0.6) is 0 Å². The monoisotopic (exact) mass is 450 g/mol. The van der Waals surface area contributed by atoms with E-state index in [9.17, 15) is 9.59 Å². The molecule has 2 aromatic carbocycles. The minimum absolute atomic E-state index is 0.111. The number of rotatable bonds is 6. The average Bonchev–Trinajstić information content (AvgIpc) is 2.79. The Labute approximate surface area is 192 Å². The Morgan fingerprint density at radius 2 is 1.81 bits per heavy atom. The van der Waals surface area contributed by atoms with E-state index < -0.39 is 6.17 Å². The summed E-state index contributed by atoms with van der Waals surface area (Å²) in [6.07, 6.45) is -0.554. The van der Waals surface area contributed by atoms with Crippen molar-refractivity contribution >= 4 is 29.0 Å².